The predicted octanol–water partition coefficient (Wildman–Crippen LogP) is 4.50. The second-order valence-corrected chi connectivity index (χ2v) is 68.1. The van der Waals surface area contributed by atoms with Gasteiger partial charge in [-0.15, -0.1) is 0 Å². The largest absolute Gasteiger partial charge is 0.0737 e. The molecule has 0 bridgehead atoms. The van der Waals surface area contributed by atoms with E-state index in [0.717, 1.165) is 5.92 Å². The van der Waals surface area contributed by atoms with Crippen LogP contribution in [0.1, 0.15) is 20.3 Å². The molecule has 0 aromatic carbocycles. The summed E-state index contributed by atoms with van der Waals surface area (Å²) < 4.78 is 0. The molecule has 0 spiro atoms. The maximum atomic E-state index is 2.84. The minimum atomic E-state index is -0.865. The number of hydrogen-bond acceptors (Lipinski definition) is 0. The van der Waals surface area contributed by atoms with E-state index in [4.69, 9.17) is 0 Å². The molecule has 1 rings (SSSR count). The topological polar surface area (TPSA) is 0 Å². The molecule has 0 atom stereocenters. The van der Waals surface area contributed by atoms with Crippen molar-refractivity contribution in [2.24, 2.45) is 5.92 Å². The lowest BCUT2D eigenvalue weighted by molar-refractivity contribution is 0.624. The number of rotatable bonds is 3. The van der Waals surface area contributed by atoms with Gasteiger partial charge in [0.2, 0.25) is 0 Å². The van der Waals surface area contributed by atoms with E-state index in [0.29, 0.717) is 0 Å². The molecule has 0 unspecified atom stereocenters. The molecule has 1 aliphatic heterocycles. The highest BCUT2D eigenvalue weighted by atomic mass is 30.2. The molecule has 1 saturated heterocycles. The van der Waals surface area contributed by atoms with E-state index in [1.54, 1.807) is 12.5 Å². The maximum absolute atomic E-state index is 2.84. The monoisotopic (exact) mass is 332 g/mol. The van der Waals surface area contributed by atoms with Crippen molar-refractivity contribution in [3.05, 3.63) is 0 Å². The molecule has 0 amide bonds. The molecule has 108 valence electrons. The average Bonchev–Trinajstić information content (AvgIpc) is 2.20. The molecule has 0 aliphatic carbocycles. The summed E-state index contributed by atoms with van der Waals surface area (Å²) in [7, 11) is -3.80. The Balaban J connectivity index is 3.17. The van der Waals surface area contributed by atoms with Gasteiger partial charge in [-0.2, -0.15) is 0 Å². The van der Waals surface area contributed by atoms with Crippen LogP contribution in [0.5, 0.6) is 0 Å². The molecule has 18 heavy (non-hydrogen) atoms. The van der Waals surface area contributed by atoms with E-state index in [9.17, 15) is 0 Å². The molecule has 0 saturated carbocycles. The molecule has 0 nitrogen and oxygen atoms in total. The van der Waals surface area contributed by atoms with Gasteiger partial charge in [-0.3, -0.25) is 0 Å². The van der Waals surface area contributed by atoms with Crippen LogP contribution in [0.15, 0.2) is 0 Å². The third-order valence-electron chi connectivity index (χ3n) is 7.56. The van der Waals surface area contributed by atoms with Crippen molar-refractivity contribution in [2.75, 3.05) is 0 Å². The van der Waals surface area contributed by atoms with Crippen LogP contribution in [-0.4, -0.2) is 36.3 Å². The minimum absolute atomic E-state index is 0.404. The second kappa shape index (κ2) is 4.82. The lowest BCUT2D eigenvalue weighted by atomic mass is 10.2. The smallest absolute Gasteiger partial charge is 0.0304 e. The first-order valence-electron chi connectivity index (χ1n) is 7.80. The first-order valence-corrected chi connectivity index (χ1v) is 27.2. The molecule has 0 radical (unpaired) electrons. The Kier molecular flexibility index (Phi) is 4.59. The first-order chi connectivity index (χ1) is 7.80. The highest BCUT2D eigenvalue weighted by Gasteiger charge is 2.71. The fourth-order valence-electron chi connectivity index (χ4n) is 4.61. The van der Waals surface area contributed by atoms with Crippen LogP contribution in [-0.2, 0) is 0 Å². The zero-order chi connectivity index (χ0) is 14.6. The van der Waals surface area contributed by atoms with Crippen molar-refractivity contribution in [1.29, 1.82) is 0 Å². The van der Waals surface area contributed by atoms with Gasteiger partial charge in [-0.1, -0.05) is 78.7 Å². The highest BCUT2D eigenvalue weighted by molar-refractivity contribution is 8.10. The zero-order valence-electron chi connectivity index (χ0n) is 14.6. The quantitative estimate of drug-likeness (QED) is 0.668. The summed E-state index contributed by atoms with van der Waals surface area (Å²) in [6.07, 6.45) is 1.54. The van der Waals surface area contributed by atoms with Gasteiger partial charge < -0.3 is 0 Å². The second-order valence-electron chi connectivity index (χ2n) is 9.22. The summed E-state index contributed by atoms with van der Waals surface area (Å²) in [5.74, 6) is 0.933. The van der Waals surface area contributed by atoms with E-state index in [2.05, 4.69) is 66.2 Å². The fraction of sp³-hybridized carbons (Fsp3) is 1.00. The van der Waals surface area contributed by atoms with Gasteiger partial charge in [-0.05, 0) is 5.92 Å². The molecule has 5 heteroatoms. The standard InChI is InChI=1S/C13H36Si5/c1-13(2)11-12-14-15(3,4)17(7,8)18(9,10)16(14,5)6/h13-14H,11-12H2,1-10H3. The molecule has 0 aromatic rings. The third kappa shape index (κ3) is 2.17. The van der Waals surface area contributed by atoms with Gasteiger partial charge in [0.15, 0.2) is 0 Å². The number of hydrogen-bond donors (Lipinski definition) is 0. The van der Waals surface area contributed by atoms with Gasteiger partial charge in [-0.25, -0.2) is 0 Å². The lowest BCUT2D eigenvalue weighted by Gasteiger charge is -2.43. The van der Waals surface area contributed by atoms with Crippen LogP contribution >= 0.6 is 0 Å². The normalized spacial score (nSPS) is 28.8. The van der Waals surface area contributed by atoms with E-state index in [-0.39, 0.29) is 0 Å². The summed E-state index contributed by atoms with van der Waals surface area (Å²) in [6.45, 7) is 27.5. The van der Waals surface area contributed by atoms with Crippen molar-refractivity contribution in [3.8, 4) is 0 Å². The van der Waals surface area contributed by atoms with Crippen LogP contribution in [0, 0.1) is 5.92 Å². The van der Waals surface area contributed by atoms with Crippen LogP contribution < -0.4 is 0 Å². The van der Waals surface area contributed by atoms with E-state index in [1.807, 2.05) is 0 Å². The molecule has 1 aliphatic rings. The van der Waals surface area contributed by atoms with Crippen molar-refractivity contribution >= 4 is 36.3 Å². The molecule has 0 N–H and O–H groups in total. The highest BCUT2D eigenvalue weighted by Crippen LogP contribution is 2.47. The Bertz CT molecular complexity index is 291. The molecule has 0 aromatic heterocycles. The summed E-state index contributed by atoms with van der Waals surface area (Å²) in [5.41, 5.74) is 0. The van der Waals surface area contributed by atoms with Crippen molar-refractivity contribution < 1.29 is 0 Å². The summed E-state index contributed by atoms with van der Waals surface area (Å²) in [5, 5.41) is 0. The average molecular weight is 333 g/mol. The minimum Gasteiger partial charge on any atom is -0.0737 e. The van der Waals surface area contributed by atoms with Gasteiger partial charge in [0.1, 0.15) is 0 Å². The predicted molar refractivity (Wildman–Crippen MR) is 101 cm³/mol. The summed E-state index contributed by atoms with van der Waals surface area (Å²) >= 11 is 0. The van der Waals surface area contributed by atoms with Gasteiger partial charge >= 0.3 is 0 Å². The van der Waals surface area contributed by atoms with Gasteiger partial charge in [0, 0.05) is 36.3 Å². The third-order valence-corrected chi connectivity index (χ3v) is 130. The molecule has 1 fully saturated rings. The SMILES string of the molecule is CC(C)CC[SiH]1[Si](C)(C)[Si](C)(C)[Si](C)(C)[Si]1(C)C. The zero-order valence-corrected chi connectivity index (χ0v) is 19.7. The van der Waals surface area contributed by atoms with Crippen LogP contribution in [0.4, 0.5) is 0 Å². The Labute approximate surface area is 121 Å². The first kappa shape index (κ1) is 17.1. The van der Waals surface area contributed by atoms with Crippen LogP contribution in [0.2, 0.25) is 58.4 Å². The molecular formula is C13H36Si5. The maximum Gasteiger partial charge on any atom is 0.0304 e. The summed E-state index contributed by atoms with van der Waals surface area (Å²) in [6, 6.07) is 1.71. The van der Waals surface area contributed by atoms with Crippen LogP contribution in [0.25, 0.3) is 0 Å². The molecule has 1 heterocycles. The summed E-state index contributed by atoms with van der Waals surface area (Å²) in [4.78, 5) is 0. The Hall–Kier alpha value is 1.08. The Morgan fingerprint density at radius 1 is 0.722 bits per heavy atom. The van der Waals surface area contributed by atoms with Gasteiger partial charge in [0.05, 0.1) is 0 Å². The van der Waals surface area contributed by atoms with Crippen molar-refractivity contribution in [3.63, 3.8) is 0 Å². The fourth-order valence-corrected chi connectivity index (χ4v) is 208. The van der Waals surface area contributed by atoms with Crippen molar-refractivity contribution in [2.45, 2.75) is 78.7 Å². The van der Waals surface area contributed by atoms with E-state index in [1.165, 1.54) is 0 Å². The molecular weight excluding hydrogens is 297 g/mol. The van der Waals surface area contributed by atoms with Crippen molar-refractivity contribution in [1.82, 2.24) is 0 Å². The Morgan fingerprint density at radius 3 is 1.33 bits per heavy atom. The van der Waals surface area contributed by atoms with Gasteiger partial charge in [0.25, 0.3) is 0 Å². The van der Waals surface area contributed by atoms with E-state index < -0.39 is 36.3 Å². The van der Waals surface area contributed by atoms with Crippen LogP contribution in [0.3, 0.4) is 0 Å². The Morgan fingerprint density at radius 2 is 1.06 bits per heavy atom. The van der Waals surface area contributed by atoms with E-state index >= 15 is 0 Å². The lowest BCUT2D eigenvalue weighted by Crippen LogP contribution is -2.69.